The predicted molar refractivity (Wildman–Crippen MR) is 113 cm³/mol. The number of ether oxygens (including phenoxy) is 1. The summed E-state index contributed by atoms with van der Waals surface area (Å²) in [6.07, 6.45) is -4.80. The van der Waals surface area contributed by atoms with Gasteiger partial charge in [0.2, 0.25) is 5.91 Å². The molecule has 1 saturated carbocycles. The number of nitrogens with zero attached hydrogens (tertiary/aromatic N) is 2. The Labute approximate surface area is 189 Å². The van der Waals surface area contributed by atoms with Crippen LogP contribution >= 0.6 is 0 Å². The molecule has 2 amide bonds. The number of hydrogen-bond donors (Lipinski definition) is 1. The molecule has 0 aromatic heterocycles. The fraction of sp³-hybridized carbons (Fsp3) is 0.417. The Kier molecular flexibility index (Phi) is 5.52. The number of alkyl halides is 3. The summed E-state index contributed by atoms with van der Waals surface area (Å²) < 4.78 is 41.0. The van der Waals surface area contributed by atoms with E-state index >= 15 is 0 Å². The first-order chi connectivity index (χ1) is 15.8. The Bertz CT molecular complexity index is 1040. The summed E-state index contributed by atoms with van der Waals surface area (Å²) in [6.45, 7) is 3.87. The molecule has 0 spiro atoms. The van der Waals surface area contributed by atoms with Gasteiger partial charge in [-0.25, -0.2) is 0 Å². The van der Waals surface area contributed by atoms with Gasteiger partial charge in [-0.3, -0.25) is 14.5 Å². The van der Waals surface area contributed by atoms with E-state index in [1.807, 2.05) is 17.0 Å². The van der Waals surface area contributed by atoms with Gasteiger partial charge >= 0.3 is 6.36 Å². The van der Waals surface area contributed by atoms with Gasteiger partial charge in [-0.15, -0.1) is 13.2 Å². The van der Waals surface area contributed by atoms with Crippen molar-refractivity contribution in [1.29, 1.82) is 0 Å². The maximum Gasteiger partial charge on any atom is 0.573 e. The molecule has 2 unspecified atom stereocenters. The van der Waals surface area contributed by atoms with Gasteiger partial charge in [0.25, 0.3) is 5.91 Å². The molecule has 2 aromatic rings. The first kappa shape index (κ1) is 21.8. The Morgan fingerprint density at radius 2 is 1.67 bits per heavy atom. The molecule has 1 saturated heterocycles. The highest BCUT2D eigenvalue weighted by Crippen LogP contribution is 2.51. The number of likely N-dealkylation sites (tertiary alicyclic amines) is 1. The third-order valence-electron chi connectivity index (χ3n) is 6.83. The molecular weight excluding hydrogens is 435 g/mol. The molecule has 2 fully saturated rings. The van der Waals surface area contributed by atoms with E-state index in [1.54, 1.807) is 0 Å². The molecule has 2 atom stereocenters. The van der Waals surface area contributed by atoms with Crippen LogP contribution in [0.2, 0.25) is 0 Å². The molecule has 2 heterocycles. The van der Waals surface area contributed by atoms with Crippen LogP contribution in [-0.4, -0.2) is 54.2 Å². The second-order valence-electron chi connectivity index (χ2n) is 8.99. The zero-order valence-electron chi connectivity index (χ0n) is 17.8. The first-order valence-electron chi connectivity index (χ1n) is 11.0. The Morgan fingerprint density at radius 1 is 1.00 bits per heavy atom. The lowest BCUT2D eigenvalue weighted by Gasteiger charge is -2.23. The lowest BCUT2D eigenvalue weighted by molar-refractivity contribution is -0.274. The molecule has 9 heteroatoms. The van der Waals surface area contributed by atoms with E-state index in [2.05, 4.69) is 27.1 Å². The number of amides is 2. The number of benzene rings is 2. The molecular formula is C24H24F3N3O3. The fourth-order valence-corrected chi connectivity index (χ4v) is 5.12. The topological polar surface area (TPSA) is 61.9 Å². The average Bonchev–Trinajstić information content (AvgIpc) is 3.10. The largest absolute Gasteiger partial charge is 0.573 e. The van der Waals surface area contributed by atoms with Crippen molar-refractivity contribution in [3.8, 4) is 5.75 Å². The van der Waals surface area contributed by atoms with Gasteiger partial charge in [-0.05, 0) is 47.1 Å². The number of rotatable bonds is 6. The van der Waals surface area contributed by atoms with Gasteiger partial charge in [-0.2, -0.15) is 0 Å². The maximum absolute atomic E-state index is 12.7. The third kappa shape index (κ3) is 4.83. The van der Waals surface area contributed by atoms with E-state index in [1.165, 1.54) is 23.3 Å². The summed E-state index contributed by atoms with van der Waals surface area (Å²) in [4.78, 5) is 29.1. The van der Waals surface area contributed by atoms with Crippen molar-refractivity contribution >= 4 is 11.8 Å². The second-order valence-corrected chi connectivity index (χ2v) is 8.99. The molecule has 0 radical (unpaired) electrons. The summed E-state index contributed by atoms with van der Waals surface area (Å²) in [5.74, 6) is 0.514. The normalized spacial score (nSPS) is 23.7. The number of piperidine rings is 1. The summed E-state index contributed by atoms with van der Waals surface area (Å²) in [6, 6.07) is 13.2. The van der Waals surface area contributed by atoms with Crippen LogP contribution in [0.5, 0.6) is 5.75 Å². The summed E-state index contributed by atoms with van der Waals surface area (Å²) in [5.41, 5.74) is 2.55. The molecule has 0 bridgehead atoms. The molecule has 3 aliphatic rings. The SMILES string of the molecule is O=C(NCC1C2CN(CC(=O)N3Cc4ccccc4C3)CC12)c1cccc(OC(F)(F)F)c1. The highest BCUT2D eigenvalue weighted by atomic mass is 19.4. The highest BCUT2D eigenvalue weighted by Gasteiger charge is 2.55. The second kappa shape index (κ2) is 8.37. The van der Waals surface area contributed by atoms with Crippen LogP contribution in [0, 0.1) is 17.8 Å². The van der Waals surface area contributed by atoms with Gasteiger partial charge in [0.1, 0.15) is 5.75 Å². The minimum Gasteiger partial charge on any atom is -0.406 e. The standard InChI is InChI=1S/C24H24F3N3O3/c25-24(26,27)33-18-7-3-6-15(8-18)23(32)28-9-19-20-12-29(13-21(19)20)14-22(31)30-10-16-4-1-2-5-17(16)11-30/h1-8,19-21H,9-14H2,(H,28,32). The van der Waals surface area contributed by atoms with Crippen molar-refractivity contribution in [2.45, 2.75) is 19.5 Å². The van der Waals surface area contributed by atoms with Gasteiger partial charge in [0.15, 0.2) is 0 Å². The van der Waals surface area contributed by atoms with Crippen LogP contribution in [0.4, 0.5) is 13.2 Å². The molecule has 2 aromatic carbocycles. The van der Waals surface area contributed by atoms with Crippen molar-refractivity contribution in [2.75, 3.05) is 26.2 Å². The monoisotopic (exact) mass is 459 g/mol. The van der Waals surface area contributed by atoms with E-state index < -0.39 is 18.0 Å². The van der Waals surface area contributed by atoms with Crippen molar-refractivity contribution < 1.29 is 27.5 Å². The quantitative estimate of drug-likeness (QED) is 0.722. The molecule has 1 N–H and O–H groups in total. The fourth-order valence-electron chi connectivity index (χ4n) is 5.12. The van der Waals surface area contributed by atoms with Crippen molar-refractivity contribution in [3.05, 3.63) is 65.2 Å². The number of halogens is 3. The third-order valence-corrected chi connectivity index (χ3v) is 6.83. The number of nitrogens with one attached hydrogen (secondary N) is 1. The van der Waals surface area contributed by atoms with Gasteiger partial charge < -0.3 is 15.0 Å². The minimum atomic E-state index is -4.80. The zero-order chi connectivity index (χ0) is 23.2. The van der Waals surface area contributed by atoms with Gasteiger partial charge in [-0.1, -0.05) is 30.3 Å². The van der Waals surface area contributed by atoms with Crippen molar-refractivity contribution in [3.63, 3.8) is 0 Å². The molecule has 2 aliphatic heterocycles. The van der Waals surface area contributed by atoms with Gasteiger partial charge in [0, 0.05) is 38.3 Å². The molecule has 33 heavy (non-hydrogen) atoms. The summed E-state index contributed by atoms with van der Waals surface area (Å²) in [5, 5.41) is 2.82. The molecule has 5 rings (SSSR count). The summed E-state index contributed by atoms with van der Waals surface area (Å²) >= 11 is 0. The van der Waals surface area contributed by atoms with E-state index in [9.17, 15) is 22.8 Å². The first-order valence-corrected chi connectivity index (χ1v) is 11.0. The number of hydrogen-bond acceptors (Lipinski definition) is 4. The van der Waals surface area contributed by atoms with Crippen LogP contribution in [0.15, 0.2) is 48.5 Å². The smallest absolute Gasteiger partial charge is 0.406 e. The highest BCUT2D eigenvalue weighted by molar-refractivity contribution is 5.94. The molecule has 6 nitrogen and oxygen atoms in total. The zero-order valence-corrected chi connectivity index (χ0v) is 17.8. The van der Waals surface area contributed by atoms with E-state index in [0.717, 1.165) is 25.2 Å². The van der Waals surface area contributed by atoms with Crippen LogP contribution in [0.3, 0.4) is 0 Å². The van der Waals surface area contributed by atoms with Crippen molar-refractivity contribution in [1.82, 2.24) is 15.1 Å². The predicted octanol–water partition coefficient (Wildman–Crippen LogP) is 3.04. The molecule has 174 valence electrons. The van der Waals surface area contributed by atoms with Gasteiger partial charge in [0.05, 0.1) is 6.54 Å². The maximum atomic E-state index is 12.7. The molecule has 1 aliphatic carbocycles. The van der Waals surface area contributed by atoms with E-state index in [4.69, 9.17) is 0 Å². The van der Waals surface area contributed by atoms with Crippen molar-refractivity contribution in [2.24, 2.45) is 17.8 Å². The summed E-state index contributed by atoms with van der Waals surface area (Å²) in [7, 11) is 0. The lowest BCUT2D eigenvalue weighted by atomic mass is 10.1. The van der Waals surface area contributed by atoms with Crippen LogP contribution in [0.25, 0.3) is 0 Å². The number of carbonyl (C=O) groups excluding carboxylic acids is 2. The lowest BCUT2D eigenvalue weighted by Crippen LogP contribution is -2.38. The van der Waals surface area contributed by atoms with E-state index in [-0.39, 0.29) is 11.5 Å². The average molecular weight is 459 g/mol. The van der Waals surface area contributed by atoms with Crippen LogP contribution in [0.1, 0.15) is 21.5 Å². The Balaban J connectivity index is 1.06. The van der Waals surface area contributed by atoms with E-state index in [0.29, 0.717) is 43.9 Å². The Morgan fingerprint density at radius 3 is 2.30 bits per heavy atom. The number of carbonyl (C=O) groups is 2. The minimum absolute atomic E-state index is 0.126. The number of fused-ring (bicyclic) bond motifs is 2. The van der Waals surface area contributed by atoms with Crippen LogP contribution in [-0.2, 0) is 17.9 Å². The van der Waals surface area contributed by atoms with Crippen LogP contribution < -0.4 is 10.1 Å². The Hall–Kier alpha value is -3.07.